The lowest BCUT2D eigenvalue weighted by molar-refractivity contribution is 0.0807. The van der Waals surface area contributed by atoms with Crippen LogP contribution in [0.2, 0.25) is 0 Å². The SMILES string of the molecule is CC(C)CNCCCCCN(C)CC1CCCO1. The summed E-state index contributed by atoms with van der Waals surface area (Å²) in [6.07, 6.45) is 6.96. The highest BCUT2D eigenvalue weighted by atomic mass is 16.5. The first-order valence-electron chi connectivity index (χ1n) is 7.69. The molecule has 0 aliphatic carbocycles. The Kier molecular flexibility index (Phi) is 8.64. The van der Waals surface area contributed by atoms with Gasteiger partial charge in [-0.25, -0.2) is 0 Å². The standard InChI is InChI=1S/C15H32N2O/c1-14(2)12-16-9-5-4-6-10-17(3)13-15-8-7-11-18-15/h14-16H,4-13H2,1-3H3. The second kappa shape index (κ2) is 9.76. The van der Waals surface area contributed by atoms with Gasteiger partial charge >= 0.3 is 0 Å². The molecule has 1 unspecified atom stereocenters. The number of rotatable bonds is 10. The first kappa shape index (κ1) is 15.9. The Morgan fingerprint density at radius 2 is 2.11 bits per heavy atom. The van der Waals surface area contributed by atoms with Crippen molar-refractivity contribution in [2.45, 2.75) is 52.1 Å². The van der Waals surface area contributed by atoms with E-state index in [0.717, 1.165) is 25.6 Å². The average Bonchev–Trinajstić information content (AvgIpc) is 2.80. The number of hydrogen-bond donors (Lipinski definition) is 1. The highest BCUT2D eigenvalue weighted by molar-refractivity contribution is 4.68. The average molecular weight is 256 g/mol. The van der Waals surface area contributed by atoms with Gasteiger partial charge in [0.15, 0.2) is 0 Å². The van der Waals surface area contributed by atoms with Crippen LogP contribution < -0.4 is 5.32 Å². The molecule has 1 saturated heterocycles. The summed E-state index contributed by atoms with van der Waals surface area (Å²) in [5, 5.41) is 3.50. The smallest absolute Gasteiger partial charge is 0.0702 e. The Balaban J connectivity index is 1.84. The zero-order valence-corrected chi connectivity index (χ0v) is 12.6. The molecule has 108 valence electrons. The van der Waals surface area contributed by atoms with Gasteiger partial charge in [0.1, 0.15) is 0 Å². The van der Waals surface area contributed by atoms with E-state index in [-0.39, 0.29) is 0 Å². The van der Waals surface area contributed by atoms with Crippen molar-refractivity contribution in [1.82, 2.24) is 10.2 Å². The van der Waals surface area contributed by atoms with Crippen LogP contribution >= 0.6 is 0 Å². The second-order valence-corrected chi connectivity index (χ2v) is 6.06. The van der Waals surface area contributed by atoms with E-state index < -0.39 is 0 Å². The molecule has 0 radical (unpaired) electrons. The number of nitrogens with zero attached hydrogens (tertiary/aromatic N) is 1. The molecule has 1 rings (SSSR count). The van der Waals surface area contributed by atoms with Crippen molar-refractivity contribution in [3.8, 4) is 0 Å². The Hall–Kier alpha value is -0.120. The molecule has 0 amide bonds. The van der Waals surface area contributed by atoms with Gasteiger partial charge in [-0.15, -0.1) is 0 Å². The summed E-state index contributed by atoms with van der Waals surface area (Å²) >= 11 is 0. The molecule has 18 heavy (non-hydrogen) atoms. The lowest BCUT2D eigenvalue weighted by Gasteiger charge is -2.20. The third kappa shape index (κ3) is 8.06. The molecular weight excluding hydrogens is 224 g/mol. The summed E-state index contributed by atoms with van der Waals surface area (Å²) in [5.74, 6) is 0.766. The summed E-state index contributed by atoms with van der Waals surface area (Å²) in [7, 11) is 2.22. The predicted molar refractivity (Wildman–Crippen MR) is 78.0 cm³/mol. The molecule has 3 heteroatoms. The first-order valence-corrected chi connectivity index (χ1v) is 7.69. The molecule has 1 N–H and O–H groups in total. The van der Waals surface area contributed by atoms with Crippen molar-refractivity contribution < 1.29 is 4.74 Å². The zero-order chi connectivity index (χ0) is 13.2. The van der Waals surface area contributed by atoms with Gasteiger partial charge in [-0.1, -0.05) is 20.3 Å². The highest BCUT2D eigenvalue weighted by Crippen LogP contribution is 2.12. The summed E-state index contributed by atoms with van der Waals surface area (Å²) in [6.45, 7) is 10.1. The van der Waals surface area contributed by atoms with E-state index in [9.17, 15) is 0 Å². The van der Waals surface area contributed by atoms with Gasteiger partial charge in [0.25, 0.3) is 0 Å². The van der Waals surface area contributed by atoms with Gasteiger partial charge in [-0.05, 0) is 58.3 Å². The molecule has 0 saturated carbocycles. The number of ether oxygens (including phenoxy) is 1. The quantitative estimate of drug-likeness (QED) is 0.608. The molecular formula is C15H32N2O. The Morgan fingerprint density at radius 3 is 2.78 bits per heavy atom. The Bertz CT molecular complexity index is 191. The predicted octanol–water partition coefficient (Wildman–Crippen LogP) is 2.51. The first-order chi connectivity index (χ1) is 8.68. The van der Waals surface area contributed by atoms with Crippen molar-refractivity contribution in [2.24, 2.45) is 5.92 Å². The number of likely N-dealkylation sites (N-methyl/N-ethyl adjacent to an activating group) is 1. The van der Waals surface area contributed by atoms with Crippen LogP contribution in [-0.4, -0.2) is 50.8 Å². The van der Waals surface area contributed by atoms with Crippen molar-refractivity contribution >= 4 is 0 Å². The van der Waals surface area contributed by atoms with Crippen LogP contribution in [-0.2, 0) is 4.74 Å². The maximum Gasteiger partial charge on any atom is 0.0702 e. The van der Waals surface area contributed by atoms with Crippen LogP contribution in [0.4, 0.5) is 0 Å². The van der Waals surface area contributed by atoms with Crippen LogP contribution in [0.3, 0.4) is 0 Å². The molecule has 0 aromatic carbocycles. The molecule has 3 nitrogen and oxygen atoms in total. The normalized spacial score (nSPS) is 20.2. The minimum atomic E-state index is 0.503. The molecule has 1 heterocycles. The van der Waals surface area contributed by atoms with Crippen molar-refractivity contribution in [3.05, 3.63) is 0 Å². The molecule has 0 bridgehead atoms. The minimum absolute atomic E-state index is 0.503. The summed E-state index contributed by atoms with van der Waals surface area (Å²) < 4.78 is 5.65. The lowest BCUT2D eigenvalue weighted by atomic mass is 10.2. The second-order valence-electron chi connectivity index (χ2n) is 6.06. The fourth-order valence-electron chi connectivity index (χ4n) is 2.43. The van der Waals surface area contributed by atoms with Gasteiger partial charge in [-0.3, -0.25) is 0 Å². The molecule has 1 fully saturated rings. The van der Waals surface area contributed by atoms with Crippen LogP contribution in [0.15, 0.2) is 0 Å². The van der Waals surface area contributed by atoms with Crippen LogP contribution in [0, 0.1) is 5.92 Å². The van der Waals surface area contributed by atoms with Crippen molar-refractivity contribution in [1.29, 1.82) is 0 Å². The summed E-state index contributed by atoms with van der Waals surface area (Å²) in [4.78, 5) is 2.43. The zero-order valence-electron chi connectivity index (χ0n) is 12.6. The van der Waals surface area contributed by atoms with E-state index >= 15 is 0 Å². The Labute approximate surface area is 113 Å². The maximum absolute atomic E-state index is 5.65. The number of hydrogen-bond acceptors (Lipinski definition) is 3. The molecule has 1 atom stereocenters. The van der Waals surface area contributed by atoms with Gasteiger partial charge in [0, 0.05) is 13.2 Å². The van der Waals surface area contributed by atoms with Crippen LogP contribution in [0.1, 0.15) is 46.0 Å². The van der Waals surface area contributed by atoms with Gasteiger partial charge in [0.2, 0.25) is 0 Å². The van der Waals surface area contributed by atoms with E-state index in [1.165, 1.54) is 45.2 Å². The van der Waals surface area contributed by atoms with Crippen molar-refractivity contribution in [3.63, 3.8) is 0 Å². The third-order valence-corrected chi connectivity index (χ3v) is 3.49. The summed E-state index contributed by atoms with van der Waals surface area (Å²) in [6, 6.07) is 0. The monoisotopic (exact) mass is 256 g/mol. The van der Waals surface area contributed by atoms with Crippen LogP contribution in [0.25, 0.3) is 0 Å². The van der Waals surface area contributed by atoms with E-state index in [1.807, 2.05) is 0 Å². The molecule has 0 spiro atoms. The van der Waals surface area contributed by atoms with E-state index in [4.69, 9.17) is 4.74 Å². The lowest BCUT2D eigenvalue weighted by Crippen LogP contribution is -2.29. The van der Waals surface area contributed by atoms with E-state index in [2.05, 4.69) is 31.1 Å². The van der Waals surface area contributed by atoms with Gasteiger partial charge in [-0.2, -0.15) is 0 Å². The fraction of sp³-hybridized carbons (Fsp3) is 1.00. The van der Waals surface area contributed by atoms with Crippen molar-refractivity contribution in [2.75, 3.05) is 39.8 Å². The molecule has 0 aromatic rings. The molecule has 1 aliphatic rings. The van der Waals surface area contributed by atoms with E-state index in [0.29, 0.717) is 6.10 Å². The molecule has 1 aliphatic heterocycles. The minimum Gasteiger partial charge on any atom is -0.377 e. The number of nitrogens with one attached hydrogen (secondary N) is 1. The Morgan fingerprint density at radius 1 is 1.28 bits per heavy atom. The topological polar surface area (TPSA) is 24.5 Å². The van der Waals surface area contributed by atoms with Gasteiger partial charge in [0.05, 0.1) is 6.10 Å². The van der Waals surface area contributed by atoms with Crippen LogP contribution in [0.5, 0.6) is 0 Å². The summed E-state index contributed by atoms with van der Waals surface area (Å²) in [5.41, 5.74) is 0. The fourth-order valence-corrected chi connectivity index (χ4v) is 2.43. The maximum atomic E-state index is 5.65. The van der Waals surface area contributed by atoms with E-state index in [1.54, 1.807) is 0 Å². The molecule has 0 aromatic heterocycles. The largest absolute Gasteiger partial charge is 0.377 e. The highest BCUT2D eigenvalue weighted by Gasteiger charge is 2.16. The van der Waals surface area contributed by atoms with Gasteiger partial charge < -0.3 is 15.0 Å². The number of unbranched alkanes of at least 4 members (excludes halogenated alkanes) is 2. The third-order valence-electron chi connectivity index (χ3n) is 3.49.